The third kappa shape index (κ3) is 4.52. The molecule has 0 saturated heterocycles. The zero-order valence-electron chi connectivity index (χ0n) is 10.1. The van der Waals surface area contributed by atoms with E-state index in [9.17, 15) is 4.39 Å². The molecule has 0 heterocycles. The normalized spacial score (nSPS) is 12.8. The second-order valence-corrected chi connectivity index (χ2v) is 4.94. The third-order valence-corrected chi connectivity index (χ3v) is 3.23. The minimum Gasteiger partial charge on any atom is -0.205 e. The fraction of sp³-hybridized carbons (Fsp3) is 0.571. The lowest BCUT2D eigenvalue weighted by Gasteiger charge is -2.09. The number of hydrogen-bond donors (Lipinski definition) is 0. The highest BCUT2D eigenvalue weighted by Crippen LogP contribution is 2.18. The quantitative estimate of drug-likeness (QED) is 0.640. The molecule has 0 aromatic heterocycles. The van der Waals surface area contributed by atoms with E-state index in [1.807, 2.05) is 6.07 Å². The molecule has 1 unspecified atom stereocenters. The third-order valence-electron chi connectivity index (χ3n) is 2.93. The summed E-state index contributed by atoms with van der Waals surface area (Å²) in [5.41, 5.74) is 1.05. The summed E-state index contributed by atoms with van der Waals surface area (Å²) in [5, 5.41) is 0.211. The van der Waals surface area contributed by atoms with Gasteiger partial charge in [-0.05, 0) is 36.5 Å². The smallest absolute Gasteiger partial charge is 0.142 e. The second-order valence-electron chi connectivity index (χ2n) is 4.53. The zero-order valence-corrected chi connectivity index (χ0v) is 10.9. The van der Waals surface area contributed by atoms with Crippen LogP contribution in [0.2, 0.25) is 5.02 Å². The first-order valence-corrected chi connectivity index (χ1v) is 6.45. The van der Waals surface area contributed by atoms with Crippen LogP contribution in [0.5, 0.6) is 0 Å². The van der Waals surface area contributed by atoms with Crippen molar-refractivity contribution in [1.29, 1.82) is 0 Å². The Kier molecular flexibility index (Phi) is 5.83. The molecule has 1 atom stereocenters. The summed E-state index contributed by atoms with van der Waals surface area (Å²) in [6.07, 6.45) is 5.83. The maximum absolute atomic E-state index is 13.2. The van der Waals surface area contributed by atoms with Crippen molar-refractivity contribution in [2.75, 3.05) is 0 Å². The van der Waals surface area contributed by atoms with Crippen molar-refractivity contribution in [1.82, 2.24) is 0 Å². The average molecular weight is 243 g/mol. The highest BCUT2D eigenvalue weighted by molar-refractivity contribution is 6.30. The molecule has 0 radical (unpaired) electrons. The molecule has 2 heteroatoms. The molecule has 16 heavy (non-hydrogen) atoms. The van der Waals surface area contributed by atoms with Gasteiger partial charge in [0.25, 0.3) is 0 Å². The summed E-state index contributed by atoms with van der Waals surface area (Å²) in [5.74, 6) is 0.475. The standard InChI is InChI=1S/C14H20ClF/c1-3-5-11(2)6-4-7-12-8-9-13(15)14(16)10-12/h8-11H,3-7H2,1-2H3. The second kappa shape index (κ2) is 6.90. The van der Waals surface area contributed by atoms with Gasteiger partial charge in [-0.2, -0.15) is 0 Å². The molecule has 0 fully saturated rings. The zero-order chi connectivity index (χ0) is 12.0. The predicted molar refractivity (Wildman–Crippen MR) is 68.4 cm³/mol. The van der Waals surface area contributed by atoms with Crippen LogP contribution < -0.4 is 0 Å². The van der Waals surface area contributed by atoms with Gasteiger partial charge in [0.15, 0.2) is 0 Å². The average Bonchev–Trinajstić information content (AvgIpc) is 2.24. The Morgan fingerprint density at radius 2 is 2.06 bits per heavy atom. The van der Waals surface area contributed by atoms with Gasteiger partial charge in [-0.1, -0.05) is 50.8 Å². The molecule has 0 aliphatic heterocycles. The van der Waals surface area contributed by atoms with Crippen LogP contribution in [-0.2, 0) is 6.42 Å². The van der Waals surface area contributed by atoms with E-state index in [1.54, 1.807) is 12.1 Å². The fourth-order valence-electron chi connectivity index (χ4n) is 1.99. The molecule has 1 aromatic carbocycles. The Balaban J connectivity index is 2.34. The monoisotopic (exact) mass is 242 g/mol. The molecule has 0 bridgehead atoms. The first-order valence-electron chi connectivity index (χ1n) is 6.07. The Bertz CT molecular complexity index is 323. The van der Waals surface area contributed by atoms with E-state index in [1.165, 1.54) is 19.3 Å². The van der Waals surface area contributed by atoms with Crippen LogP contribution in [-0.4, -0.2) is 0 Å². The van der Waals surface area contributed by atoms with Gasteiger partial charge in [-0.3, -0.25) is 0 Å². The largest absolute Gasteiger partial charge is 0.205 e. The van der Waals surface area contributed by atoms with Crippen LogP contribution in [0.25, 0.3) is 0 Å². The summed E-state index contributed by atoms with van der Waals surface area (Å²) < 4.78 is 13.2. The minimum absolute atomic E-state index is 0.211. The minimum atomic E-state index is -0.305. The Hall–Kier alpha value is -0.560. The topological polar surface area (TPSA) is 0 Å². The lowest BCUT2D eigenvalue weighted by Crippen LogP contribution is -1.96. The molecule has 0 amide bonds. The number of rotatable bonds is 6. The predicted octanol–water partition coefficient (Wildman–Crippen LogP) is 5.24. The van der Waals surface area contributed by atoms with Crippen LogP contribution in [0.1, 0.15) is 45.1 Å². The van der Waals surface area contributed by atoms with Gasteiger partial charge in [-0.15, -0.1) is 0 Å². The molecule has 1 rings (SSSR count). The molecule has 0 aliphatic rings. The maximum Gasteiger partial charge on any atom is 0.142 e. The SMILES string of the molecule is CCCC(C)CCCc1ccc(Cl)c(F)c1. The van der Waals surface area contributed by atoms with Gasteiger partial charge in [0, 0.05) is 0 Å². The first kappa shape index (κ1) is 13.5. The van der Waals surface area contributed by atoms with E-state index >= 15 is 0 Å². The van der Waals surface area contributed by atoms with Crippen LogP contribution in [0.3, 0.4) is 0 Å². The van der Waals surface area contributed by atoms with E-state index in [4.69, 9.17) is 11.6 Å². The molecule has 0 nitrogen and oxygen atoms in total. The summed E-state index contributed by atoms with van der Waals surface area (Å²) in [4.78, 5) is 0. The number of halogens is 2. The number of aryl methyl sites for hydroxylation is 1. The van der Waals surface area contributed by atoms with Crippen molar-refractivity contribution >= 4 is 11.6 Å². The van der Waals surface area contributed by atoms with Crippen molar-refractivity contribution in [2.24, 2.45) is 5.92 Å². The lowest BCUT2D eigenvalue weighted by atomic mass is 9.97. The van der Waals surface area contributed by atoms with Crippen molar-refractivity contribution < 1.29 is 4.39 Å². The van der Waals surface area contributed by atoms with Gasteiger partial charge in [0.05, 0.1) is 5.02 Å². The van der Waals surface area contributed by atoms with Gasteiger partial charge in [-0.25, -0.2) is 4.39 Å². The summed E-state index contributed by atoms with van der Waals surface area (Å²) in [6, 6.07) is 5.10. The highest BCUT2D eigenvalue weighted by atomic mass is 35.5. The van der Waals surface area contributed by atoms with Crippen molar-refractivity contribution in [2.45, 2.75) is 46.0 Å². The van der Waals surface area contributed by atoms with Gasteiger partial charge in [0.2, 0.25) is 0 Å². The van der Waals surface area contributed by atoms with E-state index in [0.29, 0.717) is 0 Å². The summed E-state index contributed by atoms with van der Waals surface area (Å²) in [7, 11) is 0. The Labute approximate surface area is 103 Å². The fourth-order valence-corrected chi connectivity index (χ4v) is 2.10. The van der Waals surface area contributed by atoms with Crippen molar-refractivity contribution in [3.8, 4) is 0 Å². The van der Waals surface area contributed by atoms with Gasteiger partial charge < -0.3 is 0 Å². The van der Waals surface area contributed by atoms with Gasteiger partial charge >= 0.3 is 0 Å². The molecule has 0 spiro atoms. The summed E-state index contributed by atoms with van der Waals surface area (Å²) >= 11 is 5.63. The number of benzene rings is 1. The summed E-state index contributed by atoms with van der Waals surface area (Å²) in [6.45, 7) is 4.50. The number of hydrogen-bond acceptors (Lipinski definition) is 0. The van der Waals surface area contributed by atoms with E-state index in [2.05, 4.69) is 13.8 Å². The Morgan fingerprint density at radius 1 is 1.31 bits per heavy atom. The van der Waals surface area contributed by atoms with Gasteiger partial charge in [0.1, 0.15) is 5.82 Å². The molecule has 0 aliphatic carbocycles. The van der Waals surface area contributed by atoms with E-state index in [-0.39, 0.29) is 10.8 Å². The van der Waals surface area contributed by atoms with E-state index < -0.39 is 0 Å². The molecular formula is C14H20ClF. The van der Waals surface area contributed by atoms with Crippen LogP contribution >= 0.6 is 11.6 Å². The molecule has 90 valence electrons. The maximum atomic E-state index is 13.2. The first-order chi connectivity index (χ1) is 7.63. The Morgan fingerprint density at radius 3 is 2.69 bits per heavy atom. The molecule has 0 saturated carbocycles. The van der Waals surface area contributed by atoms with Crippen LogP contribution in [0, 0.1) is 11.7 Å². The van der Waals surface area contributed by atoms with Crippen molar-refractivity contribution in [3.05, 3.63) is 34.6 Å². The molecule has 0 N–H and O–H groups in total. The van der Waals surface area contributed by atoms with Crippen LogP contribution in [0.4, 0.5) is 4.39 Å². The lowest BCUT2D eigenvalue weighted by molar-refractivity contribution is 0.469. The van der Waals surface area contributed by atoms with Crippen molar-refractivity contribution in [3.63, 3.8) is 0 Å². The molecular weight excluding hydrogens is 223 g/mol. The van der Waals surface area contributed by atoms with E-state index in [0.717, 1.165) is 24.3 Å². The highest BCUT2D eigenvalue weighted by Gasteiger charge is 2.03. The molecule has 1 aromatic rings. The van der Waals surface area contributed by atoms with Crippen LogP contribution in [0.15, 0.2) is 18.2 Å².